The quantitative estimate of drug-likeness (QED) is 0.626. The Kier molecular flexibility index (Phi) is 5.65. The van der Waals surface area contributed by atoms with E-state index in [-0.39, 0.29) is 0 Å². The lowest BCUT2D eigenvalue weighted by Gasteiger charge is -2.05. The number of hydrogen-bond acceptors (Lipinski definition) is 5. The molecular weight excluding hydrogens is 196 g/mol. The van der Waals surface area contributed by atoms with Gasteiger partial charge in [-0.05, 0) is 12.5 Å². The molecule has 84 valence electrons. The first-order valence-electron chi connectivity index (χ1n) is 4.81. The molecule has 0 N–H and O–H groups in total. The van der Waals surface area contributed by atoms with Crippen LogP contribution in [0.15, 0.2) is 12.4 Å². The maximum atomic E-state index is 5.25. The Morgan fingerprint density at radius 3 is 2.40 bits per heavy atom. The van der Waals surface area contributed by atoms with Crippen LogP contribution in [-0.4, -0.2) is 43.5 Å². The molecule has 0 radical (unpaired) electrons. The number of ether oxygens (including phenoxy) is 3. The highest BCUT2D eigenvalue weighted by Crippen LogP contribution is 2.00. The fourth-order valence-corrected chi connectivity index (χ4v) is 0.891. The molecule has 1 aromatic rings. The van der Waals surface area contributed by atoms with E-state index >= 15 is 0 Å². The average Bonchev–Trinajstić information content (AvgIpc) is 2.26. The van der Waals surface area contributed by atoms with E-state index in [4.69, 9.17) is 14.2 Å². The Morgan fingerprint density at radius 1 is 1.07 bits per heavy atom. The second kappa shape index (κ2) is 7.14. The van der Waals surface area contributed by atoms with Gasteiger partial charge in [-0.1, -0.05) is 0 Å². The topological polar surface area (TPSA) is 53.5 Å². The van der Waals surface area contributed by atoms with Gasteiger partial charge in [0.05, 0.1) is 19.8 Å². The molecule has 0 saturated carbocycles. The van der Waals surface area contributed by atoms with Crippen LogP contribution in [0.5, 0.6) is 6.01 Å². The van der Waals surface area contributed by atoms with Gasteiger partial charge in [-0.2, -0.15) is 0 Å². The highest BCUT2D eigenvalue weighted by Gasteiger charge is 1.95. The second-order valence-electron chi connectivity index (χ2n) is 3.00. The van der Waals surface area contributed by atoms with Crippen molar-refractivity contribution in [3.63, 3.8) is 0 Å². The Morgan fingerprint density at radius 2 is 1.73 bits per heavy atom. The lowest BCUT2D eigenvalue weighted by atomic mass is 10.4. The number of nitrogens with zero attached hydrogens (tertiary/aromatic N) is 2. The summed E-state index contributed by atoms with van der Waals surface area (Å²) in [6, 6.07) is 0.385. The van der Waals surface area contributed by atoms with Gasteiger partial charge in [-0.3, -0.25) is 0 Å². The molecular formula is C10H16N2O3. The summed E-state index contributed by atoms with van der Waals surface area (Å²) in [4.78, 5) is 8.00. The highest BCUT2D eigenvalue weighted by molar-refractivity contribution is 5.04. The molecule has 1 aromatic heterocycles. The third kappa shape index (κ3) is 5.29. The first-order valence-corrected chi connectivity index (χ1v) is 4.81. The van der Waals surface area contributed by atoms with E-state index < -0.39 is 0 Å². The van der Waals surface area contributed by atoms with E-state index in [1.54, 1.807) is 19.5 Å². The van der Waals surface area contributed by atoms with Crippen molar-refractivity contribution in [1.82, 2.24) is 9.97 Å². The van der Waals surface area contributed by atoms with Crippen LogP contribution in [0.25, 0.3) is 0 Å². The summed E-state index contributed by atoms with van der Waals surface area (Å²) < 4.78 is 15.3. The monoisotopic (exact) mass is 212 g/mol. The van der Waals surface area contributed by atoms with Gasteiger partial charge in [-0.25, -0.2) is 9.97 Å². The lowest BCUT2D eigenvalue weighted by molar-refractivity contribution is 0.0528. The van der Waals surface area contributed by atoms with E-state index in [1.165, 1.54) is 0 Å². The molecule has 0 aliphatic carbocycles. The summed E-state index contributed by atoms with van der Waals surface area (Å²) in [5.41, 5.74) is 1.01. The zero-order chi connectivity index (χ0) is 10.9. The van der Waals surface area contributed by atoms with Crippen LogP contribution in [0.4, 0.5) is 0 Å². The number of aryl methyl sites for hydroxylation is 1. The van der Waals surface area contributed by atoms with Gasteiger partial charge in [0, 0.05) is 19.5 Å². The summed E-state index contributed by atoms with van der Waals surface area (Å²) in [6.45, 7) is 4.07. The Hall–Kier alpha value is -1.20. The molecule has 0 unspecified atom stereocenters. The molecule has 1 heterocycles. The maximum Gasteiger partial charge on any atom is 0.316 e. The van der Waals surface area contributed by atoms with Gasteiger partial charge in [0.25, 0.3) is 0 Å². The molecule has 0 spiro atoms. The molecule has 0 atom stereocenters. The van der Waals surface area contributed by atoms with E-state index in [0.717, 1.165) is 5.56 Å². The fraction of sp³-hybridized carbons (Fsp3) is 0.600. The van der Waals surface area contributed by atoms with E-state index in [1.807, 2.05) is 6.92 Å². The van der Waals surface area contributed by atoms with E-state index in [0.29, 0.717) is 32.4 Å². The minimum Gasteiger partial charge on any atom is -0.461 e. The summed E-state index contributed by atoms with van der Waals surface area (Å²) >= 11 is 0. The SMILES string of the molecule is COCCOCCOc1ncc(C)cn1. The fourth-order valence-electron chi connectivity index (χ4n) is 0.891. The first kappa shape index (κ1) is 11.9. The minimum absolute atomic E-state index is 0.385. The predicted octanol–water partition coefficient (Wildman–Crippen LogP) is 0.827. The van der Waals surface area contributed by atoms with Crippen LogP contribution in [0, 0.1) is 6.92 Å². The van der Waals surface area contributed by atoms with Crippen molar-refractivity contribution < 1.29 is 14.2 Å². The van der Waals surface area contributed by atoms with Crippen molar-refractivity contribution in [2.24, 2.45) is 0 Å². The molecule has 1 rings (SSSR count). The molecule has 0 aromatic carbocycles. The van der Waals surface area contributed by atoms with Crippen LogP contribution in [0.2, 0.25) is 0 Å². The van der Waals surface area contributed by atoms with Crippen molar-refractivity contribution in [2.45, 2.75) is 6.92 Å². The summed E-state index contributed by atoms with van der Waals surface area (Å²) in [7, 11) is 1.64. The zero-order valence-corrected chi connectivity index (χ0v) is 9.10. The molecule has 0 aliphatic heterocycles. The van der Waals surface area contributed by atoms with E-state index in [2.05, 4.69) is 9.97 Å². The van der Waals surface area contributed by atoms with Crippen LogP contribution < -0.4 is 4.74 Å². The highest BCUT2D eigenvalue weighted by atomic mass is 16.5. The lowest BCUT2D eigenvalue weighted by Crippen LogP contribution is -2.11. The van der Waals surface area contributed by atoms with E-state index in [9.17, 15) is 0 Å². The summed E-state index contributed by atoms with van der Waals surface area (Å²) in [5.74, 6) is 0. The zero-order valence-electron chi connectivity index (χ0n) is 9.10. The molecule has 0 amide bonds. The van der Waals surface area contributed by atoms with Gasteiger partial charge in [0.2, 0.25) is 0 Å². The third-order valence-corrected chi connectivity index (χ3v) is 1.65. The Labute approximate surface area is 89.4 Å². The van der Waals surface area contributed by atoms with Gasteiger partial charge in [-0.15, -0.1) is 0 Å². The van der Waals surface area contributed by atoms with Crippen molar-refractivity contribution in [3.8, 4) is 6.01 Å². The Balaban J connectivity index is 2.07. The summed E-state index contributed by atoms with van der Waals surface area (Å²) in [6.07, 6.45) is 3.43. The first-order chi connectivity index (χ1) is 7.33. The molecule has 5 nitrogen and oxygen atoms in total. The average molecular weight is 212 g/mol. The smallest absolute Gasteiger partial charge is 0.316 e. The van der Waals surface area contributed by atoms with Gasteiger partial charge < -0.3 is 14.2 Å². The van der Waals surface area contributed by atoms with Crippen LogP contribution >= 0.6 is 0 Å². The molecule has 5 heteroatoms. The maximum absolute atomic E-state index is 5.25. The van der Waals surface area contributed by atoms with Crippen molar-refractivity contribution in [1.29, 1.82) is 0 Å². The van der Waals surface area contributed by atoms with Crippen molar-refractivity contribution in [2.75, 3.05) is 33.5 Å². The number of methoxy groups -OCH3 is 1. The molecule has 0 aliphatic rings. The number of hydrogen-bond donors (Lipinski definition) is 0. The second-order valence-corrected chi connectivity index (χ2v) is 3.00. The number of rotatable bonds is 7. The minimum atomic E-state index is 0.385. The van der Waals surface area contributed by atoms with Crippen molar-refractivity contribution >= 4 is 0 Å². The Bertz CT molecular complexity index is 264. The molecule has 0 bridgehead atoms. The third-order valence-electron chi connectivity index (χ3n) is 1.65. The van der Waals surface area contributed by atoms with Crippen molar-refractivity contribution in [3.05, 3.63) is 18.0 Å². The van der Waals surface area contributed by atoms with Crippen LogP contribution in [-0.2, 0) is 9.47 Å². The summed E-state index contributed by atoms with van der Waals surface area (Å²) in [5, 5.41) is 0. The molecule has 0 fully saturated rings. The van der Waals surface area contributed by atoms with Gasteiger partial charge in [0.15, 0.2) is 0 Å². The van der Waals surface area contributed by atoms with Gasteiger partial charge >= 0.3 is 6.01 Å². The predicted molar refractivity (Wildman–Crippen MR) is 55.0 cm³/mol. The van der Waals surface area contributed by atoms with Crippen LogP contribution in [0.1, 0.15) is 5.56 Å². The molecule has 0 saturated heterocycles. The normalized spacial score (nSPS) is 10.3. The molecule has 15 heavy (non-hydrogen) atoms. The number of aromatic nitrogens is 2. The standard InChI is InChI=1S/C10H16N2O3/c1-9-7-11-10(12-8-9)15-6-5-14-4-3-13-2/h7-8H,3-6H2,1-2H3. The largest absolute Gasteiger partial charge is 0.461 e. The van der Waals surface area contributed by atoms with Gasteiger partial charge in [0.1, 0.15) is 6.61 Å². The van der Waals surface area contributed by atoms with Crippen LogP contribution in [0.3, 0.4) is 0 Å².